The maximum absolute atomic E-state index is 11.9. The third kappa shape index (κ3) is 4.43. The van der Waals surface area contributed by atoms with Crippen LogP contribution < -0.4 is 10.2 Å². The van der Waals surface area contributed by atoms with Crippen LogP contribution in [0.15, 0.2) is 30.0 Å². The van der Waals surface area contributed by atoms with Crippen LogP contribution in [-0.2, 0) is 9.53 Å². The molecule has 0 aliphatic carbocycles. The van der Waals surface area contributed by atoms with Crippen molar-refractivity contribution in [3.05, 3.63) is 45.1 Å². The van der Waals surface area contributed by atoms with Crippen molar-refractivity contribution in [3.63, 3.8) is 0 Å². The fraction of sp³-hybridized carbons (Fsp3) is 0.286. The zero-order valence-corrected chi connectivity index (χ0v) is 13.7. The molecule has 0 saturated heterocycles. The number of hydrogen-bond donors (Lipinski definition) is 2. The molecule has 1 aromatic rings. The van der Waals surface area contributed by atoms with Crippen molar-refractivity contribution >= 4 is 34.8 Å². The number of amidine groups is 1. The van der Waals surface area contributed by atoms with Gasteiger partial charge in [-0.2, -0.15) is 0 Å². The third-order valence-corrected chi connectivity index (χ3v) is 3.11. The number of ether oxygens (including phenoxy) is 1. The predicted molar refractivity (Wildman–Crippen MR) is 88.0 cm³/mol. The number of esters is 1. The third-order valence-electron chi connectivity index (χ3n) is 2.87. The van der Waals surface area contributed by atoms with Crippen LogP contribution in [0.25, 0.3) is 0 Å². The van der Waals surface area contributed by atoms with Gasteiger partial charge in [0, 0.05) is 31.4 Å². The average Bonchev–Trinajstić information content (AvgIpc) is 2.51. The lowest BCUT2D eigenvalue weighted by Gasteiger charge is -2.21. The van der Waals surface area contributed by atoms with Gasteiger partial charge in [-0.05, 0) is 19.1 Å². The van der Waals surface area contributed by atoms with Crippen LogP contribution in [0.2, 0.25) is 5.02 Å². The Morgan fingerprint density at radius 2 is 2.22 bits per heavy atom. The number of rotatable bonds is 6. The van der Waals surface area contributed by atoms with Crippen molar-refractivity contribution in [1.82, 2.24) is 5.32 Å². The SMILES string of the molecule is CCOC(=O)/C(=C/NC)C(=N)N(C)c1ccc(Cl)cc1[N+](=O)[O-]. The first kappa shape index (κ1) is 18.4. The number of hydrogen-bond acceptors (Lipinski definition) is 6. The van der Waals surface area contributed by atoms with Gasteiger partial charge in [-0.3, -0.25) is 15.5 Å². The van der Waals surface area contributed by atoms with Crippen LogP contribution in [0.1, 0.15) is 6.92 Å². The zero-order valence-electron chi connectivity index (χ0n) is 12.9. The molecule has 124 valence electrons. The lowest BCUT2D eigenvalue weighted by molar-refractivity contribution is -0.384. The van der Waals surface area contributed by atoms with E-state index in [1.165, 1.54) is 36.3 Å². The first-order valence-corrected chi connectivity index (χ1v) is 7.02. The van der Waals surface area contributed by atoms with Gasteiger partial charge < -0.3 is 15.0 Å². The minimum absolute atomic E-state index is 0.0545. The highest BCUT2D eigenvalue weighted by Crippen LogP contribution is 2.31. The minimum atomic E-state index is -0.699. The van der Waals surface area contributed by atoms with Crippen molar-refractivity contribution in [1.29, 1.82) is 5.41 Å². The Morgan fingerprint density at radius 1 is 1.57 bits per heavy atom. The number of carbonyl (C=O) groups is 1. The van der Waals surface area contributed by atoms with E-state index in [2.05, 4.69) is 5.32 Å². The summed E-state index contributed by atoms with van der Waals surface area (Å²) in [6, 6.07) is 4.07. The molecule has 0 heterocycles. The van der Waals surface area contributed by atoms with Gasteiger partial charge in [0.15, 0.2) is 0 Å². The molecule has 2 N–H and O–H groups in total. The van der Waals surface area contributed by atoms with Crippen LogP contribution in [0.5, 0.6) is 0 Å². The number of halogens is 1. The van der Waals surface area contributed by atoms with Gasteiger partial charge in [-0.25, -0.2) is 4.79 Å². The highest BCUT2D eigenvalue weighted by atomic mass is 35.5. The molecule has 23 heavy (non-hydrogen) atoms. The number of nitrogens with one attached hydrogen (secondary N) is 2. The van der Waals surface area contributed by atoms with E-state index in [-0.39, 0.29) is 34.4 Å². The molecular formula is C14H17ClN4O4. The molecule has 0 fully saturated rings. The molecule has 0 aliphatic rings. The summed E-state index contributed by atoms with van der Waals surface area (Å²) in [7, 11) is 3.01. The zero-order chi connectivity index (χ0) is 17.6. The Kier molecular flexibility index (Phi) is 6.52. The summed E-state index contributed by atoms with van der Waals surface area (Å²) < 4.78 is 4.89. The van der Waals surface area contributed by atoms with Crippen molar-refractivity contribution in [3.8, 4) is 0 Å². The summed E-state index contributed by atoms with van der Waals surface area (Å²) in [5.41, 5.74) is -0.186. The molecule has 0 unspecified atom stereocenters. The highest BCUT2D eigenvalue weighted by Gasteiger charge is 2.25. The monoisotopic (exact) mass is 340 g/mol. The van der Waals surface area contributed by atoms with E-state index < -0.39 is 10.9 Å². The lowest BCUT2D eigenvalue weighted by Crippen LogP contribution is -2.32. The lowest BCUT2D eigenvalue weighted by atomic mass is 10.2. The van der Waals surface area contributed by atoms with Crippen LogP contribution in [-0.4, -0.2) is 37.4 Å². The van der Waals surface area contributed by atoms with Crippen LogP contribution in [0, 0.1) is 15.5 Å². The van der Waals surface area contributed by atoms with Crippen molar-refractivity contribution in [2.45, 2.75) is 6.92 Å². The molecule has 8 nitrogen and oxygen atoms in total. The molecule has 0 bridgehead atoms. The fourth-order valence-corrected chi connectivity index (χ4v) is 1.97. The first-order valence-electron chi connectivity index (χ1n) is 6.64. The number of nitro benzene ring substituents is 1. The van der Waals surface area contributed by atoms with Crippen LogP contribution in [0.4, 0.5) is 11.4 Å². The standard InChI is InChI=1S/C14H17ClN4O4/c1-4-23-14(20)10(8-17-2)13(16)18(3)11-6-5-9(15)7-12(11)19(21)22/h5-8,16-17H,4H2,1-3H3/b10-8+,16-13?. The van der Waals surface area contributed by atoms with Gasteiger partial charge in [0.1, 0.15) is 17.1 Å². The molecule has 0 amide bonds. The summed E-state index contributed by atoms with van der Waals surface area (Å²) in [6.07, 6.45) is 1.30. The van der Waals surface area contributed by atoms with Gasteiger partial charge >= 0.3 is 5.97 Å². The molecule has 0 aliphatic heterocycles. The maximum atomic E-state index is 11.9. The topological polar surface area (TPSA) is 109 Å². The summed E-state index contributed by atoms with van der Waals surface area (Å²) in [6.45, 7) is 1.80. The molecule has 1 aromatic carbocycles. The molecule has 0 aromatic heterocycles. The molecule has 0 spiro atoms. The molecule has 1 rings (SSSR count). The Labute approximate surface area is 138 Å². The van der Waals surface area contributed by atoms with E-state index >= 15 is 0 Å². The number of likely N-dealkylation sites (N-methyl/N-ethyl adjacent to an activating group) is 1. The second-order valence-corrected chi connectivity index (χ2v) is 4.80. The second-order valence-electron chi connectivity index (χ2n) is 4.36. The summed E-state index contributed by atoms with van der Waals surface area (Å²) >= 11 is 5.78. The summed E-state index contributed by atoms with van der Waals surface area (Å²) in [5.74, 6) is -0.946. The molecule has 0 radical (unpaired) electrons. The van der Waals surface area contributed by atoms with Gasteiger partial charge in [-0.1, -0.05) is 11.6 Å². The van der Waals surface area contributed by atoms with Crippen LogP contribution in [0.3, 0.4) is 0 Å². The van der Waals surface area contributed by atoms with Gasteiger partial charge in [-0.15, -0.1) is 0 Å². The summed E-state index contributed by atoms with van der Waals surface area (Å²) in [5, 5.41) is 22.2. The molecule has 0 atom stereocenters. The summed E-state index contributed by atoms with van der Waals surface area (Å²) in [4.78, 5) is 23.7. The second kappa shape index (κ2) is 8.14. The normalized spacial score (nSPS) is 10.9. The van der Waals surface area contributed by atoms with E-state index in [0.717, 1.165) is 0 Å². The fourth-order valence-electron chi connectivity index (χ4n) is 1.80. The number of carbonyl (C=O) groups excluding carboxylic acids is 1. The molecular weight excluding hydrogens is 324 g/mol. The number of nitro groups is 1. The Morgan fingerprint density at radius 3 is 2.74 bits per heavy atom. The minimum Gasteiger partial charge on any atom is -0.462 e. The predicted octanol–water partition coefficient (Wildman–Crippen LogP) is 2.33. The van der Waals surface area contributed by atoms with E-state index in [0.29, 0.717) is 0 Å². The highest BCUT2D eigenvalue weighted by molar-refractivity contribution is 6.31. The maximum Gasteiger partial charge on any atom is 0.343 e. The van der Waals surface area contributed by atoms with Crippen molar-refractivity contribution in [2.24, 2.45) is 0 Å². The van der Waals surface area contributed by atoms with E-state index in [1.54, 1.807) is 14.0 Å². The van der Waals surface area contributed by atoms with Gasteiger partial charge in [0.05, 0.1) is 11.5 Å². The van der Waals surface area contributed by atoms with E-state index in [9.17, 15) is 14.9 Å². The van der Waals surface area contributed by atoms with Crippen molar-refractivity contribution in [2.75, 3.05) is 25.6 Å². The van der Waals surface area contributed by atoms with Crippen molar-refractivity contribution < 1.29 is 14.5 Å². The quantitative estimate of drug-likeness (QED) is 0.205. The Balaban J connectivity index is 3.24. The molecule has 0 saturated carbocycles. The number of benzene rings is 1. The largest absolute Gasteiger partial charge is 0.462 e. The number of nitrogens with zero attached hydrogens (tertiary/aromatic N) is 2. The van der Waals surface area contributed by atoms with E-state index in [1.807, 2.05) is 0 Å². The first-order chi connectivity index (χ1) is 10.8. The van der Waals surface area contributed by atoms with E-state index in [4.69, 9.17) is 21.7 Å². The smallest absolute Gasteiger partial charge is 0.343 e. The van der Waals surface area contributed by atoms with Gasteiger partial charge in [0.25, 0.3) is 5.69 Å². The average molecular weight is 341 g/mol. The Bertz CT molecular complexity index is 660. The van der Waals surface area contributed by atoms with Gasteiger partial charge in [0.2, 0.25) is 0 Å². The molecule has 9 heteroatoms. The van der Waals surface area contributed by atoms with Crippen LogP contribution >= 0.6 is 11.6 Å². The Hall–Kier alpha value is -2.61. The number of anilines is 1.